The predicted octanol–water partition coefficient (Wildman–Crippen LogP) is 1.27. The van der Waals surface area contributed by atoms with Gasteiger partial charge in [0.1, 0.15) is 0 Å². The van der Waals surface area contributed by atoms with Crippen molar-refractivity contribution in [1.82, 2.24) is 0 Å². The van der Waals surface area contributed by atoms with Crippen LogP contribution in [0.1, 0.15) is 2.74 Å². The van der Waals surface area contributed by atoms with E-state index in [-0.39, 0.29) is 12.5 Å². The van der Waals surface area contributed by atoms with Crippen LogP contribution in [-0.4, -0.2) is 12.5 Å². The molecule has 1 N–H and O–H groups in total. The van der Waals surface area contributed by atoms with Gasteiger partial charge >= 0.3 is 0 Å². The number of rotatable bonds is 1. The Labute approximate surface area is 41.3 Å². The Bertz CT molecular complexity index is 66.7. The Morgan fingerprint density at radius 1 is 2.20 bits per heavy atom. The molecule has 0 aliphatic rings. The van der Waals surface area contributed by atoms with Crippen LogP contribution in [0.4, 0.5) is 0 Å². The van der Waals surface area contributed by atoms with Crippen LogP contribution in [0.5, 0.6) is 0 Å². The summed E-state index contributed by atoms with van der Waals surface area (Å²) in [6.07, 6.45) is 0.342. The SMILES string of the molecule is [3H]CSS(=N)C[3H]. The quantitative estimate of drug-likeness (QED) is 0.509. The summed E-state index contributed by atoms with van der Waals surface area (Å²) in [5.41, 5.74) is 0. The van der Waals surface area contributed by atoms with Crippen LogP contribution in [0.25, 0.3) is 0 Å². The third kappa shape index (κ3) is 4.50. The first-order chi connectivity index (χ1) is 3.31. The van der Waals surface area contributed by atoms with Crippen LogP contribution in [0.3, 0.4) is 0 Å². The Hall–Kier alpha value is 0.500. The van der Waals surface area contributed by atoms with E-state index >= 15 is 0 Å². The van der Waals surface area contributed by atoms with E-state index in [4.69, 9.17) is 7.52 Å². The van der Waals surface area contributed by atoms with Crippen molar-refractivity contribution < 1.29 is 2.74 Å². The lowest BCUT2D eigenvalue weighted by Gasteiger charge is -1.80. The van der Waals surface area contributed by atoms with Gasteiger partial charge in [0, 0.05) is 8.97 Å². The molecule has 0 aromatic heterocycles. The maximum Gasteiger partial charge on any atom is 0.0362 e. The molecular weight excluding hydrogens is 102 g/mol. The van der Waals surface area contributed by atoms with Crippen molar-refractivity contribution in [2.24, 2.45) is 0 Å². The van der Waals surface area contributed by atoms with Crippen LogP contribution in [0.2, 0.25) is 0 Å². The smallest absolute Gasteiger partial charge is 0.0362 e. The van der Waals surface area contributed by atoms with Crippen molar-refractivity contribution in [3.05, 3.63) is 0 Å². The summed E-state index contributed by atoms with van der Waals surface area (Å²) in [4.78, 5) is 0. The van der Waals surface area contributed by atoms with Crippen molar-refractivity contribution in [3.8, 4) is 0 Å². The fraction of sp³-hybridized carbons (Fsp3) is 1.00. The largest absolute Gasteiger partial charge is 0.270 e. The lowest BCUT2D eigenvalue weighted by molar-refractivity contribution is 1.65. The lowest BCUT2D eigenvalue weighted by atomic mass is 12.0. The molecule has 0 aliphatic carbocycles. The van der Waals surface area contributed by atoms with Crippen LogP contribution < -0.4 is 0 Å². The van der Waals surface area contributed by atoms with E-state index in [2.05, 4.69) is 0 Å². The molecule has 1 nitrogen and oxygen atoms in total. The van der Waals surface area contributed by atoms with E-state index in [1.165, 1.54) is 10.8 Å². The minimum absolute atomic E-state index is 0.129. The van der Waals surface area contributed by atoms with E-state index < -0.39 is 9.72 Å². The molecule has 0 saturated carbocycles. The molecule has 0 radical (unpaired) electrons. The van der Waals surface area contributed by atoms with Gasteiger partial charge in [0.2, 0.25) is 0 Å². The zero-order chi connectivity index (χ0) is 5.70. The predicted molar refractivity (Wildman–Crippen MR) is 29.5 cm³/mol. The number of nitrogens with one attached hydrogen (secondary N) is 1. The molecule has 0 aromatic carbocycles. The molecule has 3 heteroatoms. The number of hydrogen-bond donors (Lipinski definition) is 1. The van der Waals surface area contributed by atoms with Gasteiger partial charge in [-0.1, -0.05) is 10.8 Å². The minimum Gasteiger partial charge on any atom is -0.270 e. The summed E-state index contributed by atoms with van der Waals surface area (Å²) in [5, 5.41) is 0. The van der Waals surface area contributed by atoms with Gasteiger partial charge in [0.05, 0.1) is 0 Å². The average Bonchev–Trinajstić information content (AvgIpc) is 1.68. The zero-order valence-electron chi connectivity index (χ0n) is 4.73. The van der Waals surface area contributed by atoms with E-state index in [0.29, 0.717) is 0 Å². The fourth-order valence-corrected chi connectivity index (χ4v) is 0. The third-order valence-corrected chi connectivity index (χ3v) is 1.28. The van der Waals surface area contributed by atoms with Crippen LogP contribution in [-0.2, 0) is 9.72 Å². The second-order valence-corrected chi connectivity index (χ2v) is 3.30. The highest BCUT2D eigenvalue weighted by atomic mass is 33.1. The van der Waals surface area contributed by atoms with E-state index in [1.54, 1.807) is 0 Å². The molecule has 0 rings (SSSR count). The minimum atomic E-state index is -0.631. The van der Waals surface area contributed by atoms with Crippen LogP contribution in [0, 0.1) is 4.78 Å². The van der Waals surface area contributed by atoms with Crippen molar-refractivity contribution in [2.75, 3.05) is 12.5 Å². The monoisotopic (exact) mass is 113 g/mol. The summed E-state index contributed by atoms with van der Waals surface area (Å²) < 4.78 is 20.1. The second-order valence-electron chi connectivity index (χ2n) is 0.463. The molecule has 0 amide bonds. The fourth-order valence-electron chi connectivity index (χ4n) is 0. The first-order valence-electron chi connectivity index (χ1n) is 2.36. The highest BCUT2D eigenvalue weighted by molar-refractivity contribution is 8.69. The summed E-state index contributed by atoms with van der Waals surface area (Å²) >= 11 is 0. The average molecular weight is 113 g/mol. The van der Waals surface area contributed by atoms with E-state index in [9.17, 15) is 0 Å². The molecule has 0 fully saturated rings. The molecule has 0 saturated heterocycles. The summed E-state index contributed by atoms with van der Waals surface area (Å²) in [6, 6.07) is 0. The Balaban J connectivity index is 3.00. The Kier molecular flexibility index (Phi) is 1.44. The van der Waals surface area contributed by atoms with Gasteiger partial charge in [-0.15, -0.1) is 0 Å². The summed E-state index contributed by atoms with van der Waals surface area (Å²) in [5.74, 6) is 0. The summed E-state index contributed by atoms with van der Waals surface area (Å²) in [6.45, 7) is 0. The highest BCUT2D eigenvalue weighted by Crippen LogP contribution is 1.94. The molecule has 1 unspecified atom stereocenters. The molecule has 32 valence electrons. The van der Waals surface area contributed by atoms with Gasteiger partial charge in [-0.2, -0.15) is 0 Å². The van der Waals surface area contributed by atoms with E-state index in [0.717, 1.165) is 0 Å². The molecule has 0 spiro atoms. The van der Waals surface area contributed by atoms with Gasteiger partial charge in [-0.25, -0.2) is 0 Å². The van der Waals surface area contributed by atoms with Crippen molar-refractivity contribution in [1.29, 1.82) is 4.78 Å². The maximum absolute atomic E-state index is 6.90. The molecule has 0 aliphatic heterocycles. The number of hydrogen-bond acceptors (Lipinski definition) is 2. The Morgan fingerprint density at radius 2 is 3.00 bits per heavy atom. The van der Waals surface area contributed by atoms with Crippen LogP contribution in [0.15, 0.2) is 0 Å². The van der Waals surface area contributed by atoms with Gasteiger partial charge < -0.3 is 0 Å². The first-order valence-corrected chi connectivity index (χ1v) is 3.84. The van der Waals surface area contributed by atoms with Gasteiger partial charge in [-0.3, -0.25) is 4.78 Å². The molecule has 0 bridgehead atoms. The standard InChI is InChI=1S/C2H7NS2/c1-4-5(2)3/h3H,1-2H3/i1T,2T. The van der Waals surface area contributed by atoms with Gasteiger partial charge in [0.25, 0.3) is 0 Å². The topological polar surface area (TPSA) is 23.9 Å². The normalized spacial score (nSPS) is 20.0. The molecule has 0 heterocycles. The lowest BCUT2D eigenvalue weighted by Crippen LogP contribution is -1.63. The van der Waals surface area contributed by atoms with E-state index in [1.807, 2.05) is 0 Å². The zero-order valence-corrected chi connectivity index (χ0v) is 4.36. The van der Waals surface area contributed by atoms with Gasteiger partial charge in [0.15, 0.2) is 0 Å². The highest BCUT2D eigenvalue weighted by Gasteiger charge is 1.67. The van der Waals surface area contributed by atoms with Crippen molar-refractivity contribution >= 4 is 20.5 Å². The maximum atomic E-state index is 6.90. The van der Waals surface area contributed by atoms with Crippen LogP contribution >= 0.6 is 10.8 Å². The summed E-state index contributed by atoms with van der Waals surface area (Å²) in [7, 11) is 0.574. The Morgan fingerprint density at radius 3 is 3.20 bits per heavy atom. The van der Waals surface area contributed by atoms with Crippen molar-refractivity contribution in [2.45, 2.75) is 0 Å². The van der Waals surface area contributed by atoms with Crippen molar-refractivity contribution in [3.63, 3.8) is 0 Å². The molecule has 0 aromatic rings. The van der Waals surface area contributed by atoms with Gasteiger partial charge in [-0.05, 0) is 16.0 Å². The third-order valence-electron chi connectivity index (χ3n) is 0.142. The molecule has 1 atom stereocenters. The molecule has 5 heavy (non-hydrogen) atoms. The second kappa shape index (κ2) is 2.72. The molecular formula is C2H7NS2. The first kappa shape index (κ1) is 2.64.